The van der Waals surface area contributed by atoms with Gasteiger partial charge in [-0.15, -0.1) is 10.2 Å². The van der Waals surface area contributed by atoms with Crippen molar-refractivity contribution in [2.45, 2.75) is 25.0 Å². The molecule has 3 rings (SSSR count). The zero-order valence-corrected chi connectivity index (χ0v) is 17.1. The van der Waals surface area contributed by atoms with Crippen LogP contribution < -0.4 is 21.2 Å². The molecule has 1 aromatic carbocycles. The zero-order chi connectivity index (χ0) is 21.0. The normalized spacial score (nSPS) is 16.2. The lowest BCUT2D eigenvalue weighted by Gasteiger charge is -2.26. The number of hydrogen-bond donors (Lipinski definition) is 3. The number of nitrogen functional groups attached to an aromatic ring is 1. The summed E-state index contributed by atoms with van der Waals surface area (Å²) in [5.74, 6) is 7.01. The Morgan fingerprint density at radius 3 is 2.83 bits per heavy atom. The predicted molar refractivity (Wildman–Crippen MR) is 108 cm³/mol. The number of benzene rings is 1. The smallest absolute Gasteiger partial charge is 0.337 e. The van der Waals surface area contributed by atoms with Gasteiger partial charge in [0.1, 0.15) is 5.75 Å². The summed E-state index contributed by atoms with van der Waals surface area (Å²) in [5.41, 5.74) is 1.52. The van der Waals surface area contributed by atoms with Crippen LogP contribution in [-0.2, 0) is 9.53 Å². The summed E-state index contributed by atoms with van der Waals surface area (Å²) in [6, 6.07) is 6.47. The van der Waals surface area contributed by atoms with E-state index in [1.807, 2.05) is 18.2 Å². The summed E-state index contributed by atoms with van der Waals surface area (Å²) in [6.07, 6.45) is 0. The average molecular weight is 418 g/mol. The third-order valence-electron chi connectivity index (χ3n) is 4.22. The number of methoxy groups -OCH3 is 1. The number of thioether (sulfide) groups is 1. The van der Waals surface area contributed by atoms with Crippen LogP contribution in [0.4, 0.5) is 4.79 Å². The van der Waals surface area contributed by atoms with Gasteiger partial charge in [0.05, 0.1) is 30.9 Å². The molecule has 0 radical (unpaired) electrons. The van der Waals surface area contributed by atoms with Gasteiger partial charge in [-0.2, -0.15) is 0 Å². The molecular weight excluding hydrogens is 396 g/mol. The van der Waals surface area contributed by atoms with Crippen LogP contribution in [0.25, 0.3) is 11.4 Å². The maximum atomic E-state index is 12.3. The molecule has 0 saturated carbocycles. The van der Waals surface area contributed by atoms with E-state index in [0.29, 0.717) is 33.6 Å². The van der Waals surface area contributed by atoms with E-state index in [4.69, 9.17) is 15.3 Å². The fraction of sp³-hybridized carbons (Fsp3) is 0.333. The number of esters is 1. The highest BCUT2D eigenvalue weighted by Gasteiger charge is 2.30. The van der Waals surface area contributed by atoms with Crippen molar-refractivity contribution in [1.82, 2.24) is 25.5 Å². The first-order valence-corrected chi connectivity index (χ1v) is 9.89. The first-order valence-electron chi connectivity index (χ1n) is 8.90. The van der Waals surface area contributed by atoms with Crippen molar-refractivity contribution in [2.24, 2.45) is 0 Å². The largest absolute Gasteiger partial charge is 0.496 e. The average Bonchev–Trinajstić information content (AvgIpc) is 3.06. The van der Waals surface area contributed by atoms with Crippen molar-refractivity contribution < 1.29 is 19.1 Å². The zero-order valence-electron chi connectivity index (χ0n) is 16.3. The molecule has 0 saturated heterocycles. The number of amides is 2. The first kappa shape index (κ1) is 20.5. The minimum Gasteiger partial charge on any atom is -0.496 e. The Bertz CT molecular complexity index is 958. The number of nitrogens with one attached hydrogen (secondary N) is 2. The molecule has 154 valence electrons. The number of para-hydroxylation sites is 1. The van der Waals surface area contributed by atoms with Crippen molar-refractivity contribution in [1.29, 1.82) is 0 Å². The molecule has 10 nitrogen and oxygen atoms in total. The molecule has 0 spiro atoms. The van der Waals surface area contributed by atoms with E-state index in [-0.39, 0.29) is 18.4 Å². The third-order valence-corrected chi connectivity index (χ3v) is 5.19. The molecular formula is C18H22N6O4S. The summed E-state index contributed by atoms with van der Waals surface area (Å²) >= 11 is 1.24. The number of rotatable bonds is 7. The van der Waals surface area contributed by atoms with Crippen molar-refractivity contribution in [3.8, 4) is 17.1 Å². The summed E-state index contributed by atoms with van der Waals surface area (Å²) in [7, 11) is 1.57. The van der Waals surface area contributed by atoms with Crippen LogP contribution in [-0.4, -0.2) is 52.4 Å². The Hall–Kier alpha value is -3.21. The Labute approximate surface area is 171 Å². The van der Waals surface area contributed by atoms with Gasteiger partial charge >= 0.3 is 12.0 Å². The van der Waals surface area contributed by atoms with Crippen LogP contribution in [0.2, 0.25) is 0 Å². The second kappa shape index (κ2) is 8.86. The molecule has 4 N–H and O–H groups in total. The lowest BCUT2D eigenvalue weighted by Crippen LogP contribution is -2.49. The van der Waals surface area contributed by atoms with E-state index in [9.17, 15) is 9.59 Å². The van der Waals surface area contributed by atoms with Crippen LogP contribution >= 0.6 is 11.8 Å². The van der Waals surface area contributed by atoms with Gasteiger partial charge in [-0.25, -0.2) is 14.3 Å². The maximum Gasteiger partial charge on any atom is 0.337 e. The van der Waals surface area contributed by atoms with Crippen molar-refractivity contribution in [3.05, 3.63) is 35.5 Å². The van der Waals surface area contributed by atoms with E-state index < -0.39 is 12.0 Å². The lowest BCUT2D eigenvalue weighted by atomic mass is 10.1. The Balaban J connectivity index is 1.85. The van der Waals surface area contributed by atoms with E-state index in [1.54, 1.807) is 27.0 Å². The van der Waals surface area contributed by atoms with Gasteiger partial charge in [0.15, 0.2) is 5.82 Å². The molecule has 0 bridgehead atoms. The second-order valence-corrected chi connectivity index (χ2v) is 7.04. The number of hydrogen-bond acceptors (Lipinski definition) is 8. The first-order chi connectivity index (χ1) is 14.0. The van der Waals surface area contributed by atoms with Gasteiger partial charge < -0.3 is 25.9 Å². The molecule has 1 aliphatic rings. The quantitative estimate of drug-likeness (QED) is 0.348. The molecule has 1 aliphatic heterocycles. The number of aromatic nitrogens is 3. The number of carbonyl (C=O) groups is 2. The number of carbonyl (C=O) groups excluding carboxylic acids is 2. The van der Waals surface area contributed by atoms with E-state index in [2.05, 4.69) is 20.8 Å². The van der Waals surface area contributed by atoms with Crippen LogP contribution in [0.3, 0.4) is 0 Å². The molecule has 0 aliphatic carbocycles. The summed E-state index contributed by atoms with van der Waals surface area (Å²) in [4.78, 5) is 24.2. The van der Waals surface area contributed by atoms with E-state index in [0.717, 1.165) is 0 Å². The molecule has 2 amide bonds. The minimum atomic E-state index is -0.480. The number of urea groups is 1. The lowest BCUT2D eigenvalue weighted by molar-refractivity contribution is -0.138. The molecule has 0 fully saturated rings. The van der Waals surface area contributed by atoms with Gasteiger partial charge in [-0.1, -0.05) is 23.9 Å². The van der Waals surface area contributed by atoms with Crippen molar-refractivity contribution in [2.75, 3.05) is 25.3 Å². The van der Waals surface area contributed by atoms with Crippen LogP contribution in [0, 0.1) is 0 Å². The highest BCUT2D eigenvalue weighted by Crippen LogP contribution is 2.30. The molecule has 11 heteroatoms. The topological polar surface area (TPSA) is 133 Å². The summed E-state index contributed by atoms with van der Waals surface area (Å²) in [6.45, 7) is 3.69. The molecule has 2 aromatic rings. The SMILES string of the molecule is CCOC(=O)C1=C(CSc2nnc(-c3ccccc3OC)n2N)NC(=O)N[C@H]1C. The fourth-order valence-electron chi connectivity index (χ4n) is 2.92. The monoisotopic (exact) mass is 418 g/mol. The number of nitrogens with two attached hydrogens (primary N) is 1. The van der Waals surface area contributed by atoms with Crippen LogP contribution in [0.1, 0.15) is 13.8 Å². The van der Waals surface area contributed by atoms with E-state index in [1.165, 1.54) is 16.4 Å². The van der Waals surface area contributed by atoms with Gasteiger partial charge in [0.25, 0.3) is 0 Å². The Kier molecular flexibility index (Phi) is 6.27. The van der Waals surface area contributed by atoms with E-state index >= 15 is 0 Å². The summed E-state index contributed by atoms with van der Waals surface area (Å²) < 4.78 is 11.8. The van der Waals surface area contributed by atoms with Gasteiger partial charge in [0, 0.05) is 11.4 Å². The minimum absolute atomic E-state index is 0.239. The Morgan fingerprint density at radius 2 is 2.10 bits per heavy atom. The maximum absolute atomic E-state index is 12.3. The molecule has 1 aromatic heterocycles. The Morgan fingerprint density at radius 1 is 1.34 bits per heavy atom. The van der Waals surface area contributed by atoms with Crippen LogP contribution in [0.15, 0.2) is 40.7 Å². The highest BCUT2D eigenvalue weighted by molar-refractivity contribution is 7.99. The molecule has 1 atom stereocenters. The van der Waals surface area contributed by atoms with Gasteiger partial charge in [-0.05, 0) is 26.0 Å². The molecule has 0 unspecified atom stereocenters. The molecule has 2 heterocycles. The fourth-order valence-corrected chi connectivity index (χ4v) is 3.74. The van der Waals surface area contributed by atoms with Crippen LogP contribution in [0.5, 0.6) is 5.75 Å². The number of ether oxygens (including phenoxy) is 2. The molecule has 29 heavy (non-hydrogen) atoms. The predicted octanol–water partition coefficient (Wildman–Crippen LogP) is 1.28. The number of nitrogens with zero attached hydrogens (tertiary/aromatic N) is 3. The standard InChI is InChI=1S/C18H22N6O4S/c1-4-28-16(25)14-10(2)20-17(26)21-12(14)9-29-18-23-22-15(24(18)19)11-7-5-6-8-13(11)27-3/h5-8,10H,4,9,19H2,1-3H3,(H2,20,21,26)/t10-/m0/s1. The highest BCUT2D eigenvalue weighted by atomic mass is 32.2. The summed E-state index contributed by atoms with van der Waals surface area (Å²) in [5, 5.41) is 14.0. The van der Waals surface area contributed by atoms with Crippen molar-refractivity contribution in [3.63, 3.8) is 0 Å². The van der Waals surface area contributed by atoms with Crippen molar-refractivity contribution >= 4 is 23.8 Å². The van der Waals surface area contributed by atoms with Gasteiger partial charge in [-0.3, -0.25) is 0 Å². The third kappa shape index (κ3) is 4.29. The second-order valence-electron chi connectivity index (χ2n) is 6.10. The van der Waals surface area contributed by atoms with Gasteiger partial charge in [0.2, 0.25) is 5.16 Å².